The monoisotopic (exact) mass is 289 g/mol. The Morgan fingerprint density at radius 3 is 2.40 bits per heavy atom. The predicted molar refractivity (Wildman–Crippen MR) is 67.6 cm³/mol. The molecule has 1 aromatic carbocycles. The fourth-order valence-electron chi connectivity index (χ4n) is 2.36. The van der Waals surface area contributed by atoms with E-state index in [1.807, 2.05) is 0 Å². The van der Waals surface area contributed by atoms with Crippen molar-refractivity contribution >= 4 is 0 Å². The topological polar surface area (TPSA) is 41.5 Å². The van der Waals surface area contributed by atoms with Crippen LogP contribution in [0.3, 0.4) is 0 Å². The molecule has 1 aliphatic rings. The lowest BCUT2D eigenvalue weighted by Crippen LogP contribution is -2.41. The van der Waals surface area contributed by atoms with Gasteiger partial charge in [0, 0.05) is 43.3 Å². The summed E-state index contributed by atoms with van der Waals surface area (Å²) in [5, 5.41) is 12.5. The molecule has 2 N–H and O–H groups in total. The van der Waals surface area contributed by atoms with Gasteiger partial charge in [-0.15, -0.1) is 0 Å². The predicted octanol–water partition coefficient (Wildman–Crippen LogP) is 1.98. The molecule has 0 spiro atoms. The first-order valence-electron chi connectivity index (χ1n) is 6.59. The number of benzene rings is 1. The van der Waals surface area contributed by atoms with Gasteiger partial charge < -0.3 is 15.2 Å². The van der Waals surface area contributed by atoms with E-state index in [9.17, 15) is 18.3 Å². The van der Waals surface area contributed by atoms with Crippen molar-refractivity contribution in [2.24, 2.45) is 5.41 Å². The van der Waals surface area contributed by atoms with E-state index in [4.69, 9.17) is 4.74 Å². The molecule has 1 fully saturated rings. The Morgan fingerprint density at radius 2 is 1.75 bits per heavy atom. The Kier molecular flexibility index (Phi) is 5.01. The van der Waals surface area contributed by atoms with Gasteiger partial charge >= 0.3 is 0 Å². The average molecular weight is 289 g/mol. The highest BCUT2D eigenvalue weighted by atomic mass is 19.2. The zero-order chi connectivity index (χ0) is 14.6. The molecule has 6 heteroatoms. The molecule has 0 radical (unpaired) electrons. The highest BCUT2D eigenvalue weighted by Crippen LogP contribution is 2.29. The third kappa shape index (κ3) is 3.50. The molecular formula is C14H18F3NO2. The number of aliphatic hydroxyl groups is 1. The van der Waals surface area contributed by atoms with E-state index >= 15 is 0 Å². The number of hydrogen-bond acceptors (Lipinski definition) is 3. The molecule has 0 saturated carbocycles. The summed E-state index contributed by atoms with van der Waals surface area (Å²) in [5.41, 5.74) is -0.211. The van der Waals surface area contributed by atoms with Crippen LogP contribution in [0.4, 0.5) is 13.2 Å². The molecule has 0 aromatic heterocycles. The van der Waals surface area contributed by atoms with Crippen molar-refractivity contribution in [1.82, 2.24) is 5.32 Å². The Balaban J connectivity index is 1.93. The Morgan fingerprint density at radius 1 is 1.10 bits per heavy atom. The van der Waals surface area contributed by atoms with E-state index in [0.717, 1.165) is 18.9 Å². The summed E-state index contributed by atoms with van der Waals surface area (Å²) in [6, 6.07) is 1.40. The SMILES string of the molecule is OCC1(CNCc2cc(F)c(F)cc2F)CCOCC1. The maximum Gasteiger partial charge on any atom is 0.161 e. The lowest BCUT2D eigenvalue weighted by molar-refractivity contribution is -0.0154. The van der Waals surface area contributed by atoms with Crippen LogP contribution < -0.4 is 5.32 Å². The second-order valence-corrected chi connectivity index (χ2v) is 5.23. The highest BCUT2D eigenvalue weighted by molar-refractivity contribution is 5.19. The van der Waals surface area contributed by atoms with Gasteiger partial charge in [-0.3, -0.25) is 0 Å². The Hall–Kier alpha value is -1.11. The van der Waals surface area contributed by atoms with Crippen LogP contribution in [-0.4, -0.2) is 31.5 Å². The van der Waals surface area contributed by atoms with Gasteiger partial charge in [-0.05, 0) is 18.9 Å². The summed E-state index contributed by atoms with van der Waals surface area (Å²) >= 11 is 0. The molecule has 20 heavy (non-hydrogen) atoms. The molecule has 0 unspecified atom stereocenters. The maximum absolute atomic E-state index is 13.5. The Bertz CT molecular complexity index is 462. The van der Waals surface area contributed by atoms with Gasteiger partial charge in [0.15, 0.2) is 11.6 Å². The third-order valence-electron chi connectivity index (χ3n) is 3.79. The molecule has 0 atom stereocenters. The molecule has 1 heterocycles. The summed E-state index contributed by atoms with van der Waals surface area (Å²) in [4.78, 5) is 0. The summed E-state index contributed by atoms with van der Waals surface area (Å²) in [5.74, 6) is -3.03. The fraction of sp³-hybridized carbons (Fsp3) is 0.571. The number of aliphatic hydroxyl groups excluding tert-OH is 1. The zero-order valence-corrected chi connectivity index (χ0v) is 11.1. The van der Waals surface area contributed by atoms with E-state index < -0.39 is 17.5 Å². The van der Waals surface area contributed by atoms with Crippen LogP contribution in [0.25, 0.3) is 0 Å². The van der Waals surface area contributed by atoms with Crippen molar-refractivity contribution in [1.29, 1.82) is 0 Å². The second kappa shape index (κ2) is 6.56. The standard InChI is InChI=1S/C14H18F3NO2/c15-11-6-13(17)12(16)5-10(11)7-18-8-14(9-19)1-3-20-4-2-14/h5-6,18-19H,1-4,7-9H2. The molecular weight excluding hydrogens is 271 g/mol. The normalized spacial score (nSPS) is 18.2. The van der Waals surface area contributed by atoms with Gasteiger partial charge in [0.1, 0.15) is 5.82 Å². The van der Waals surface area contributed by atoms with Crippen LogP contribution >= 0.6 is 0 Å². The first-order chi connectivity index (χ1) is 9.56. The number of ether oxygens (including phenoxy) is 1. The van der Waals surface area contributed by atoms with Gasteiger partial charge in [-0.1, -0.05) is 0 Å². The van der Waals surface area contributed by atoms with Crippen molar-refractivity contribution in [3.8, 4) is 0 Å². The van der Waals surface area contributed by atoms with Crippen LogP contribution in [0.2, 0.25) is 0 Å². The minimum atomic E-state index is -1.19. The van der Waals surface area contributed by atoms with Gasteiger partial charge in [-0.25, -0.2) is 13.2 Å². The van der Waals surface area contributed by atoms with E-state index in [-0.39, 0.29) is 24.1 Å². The minimum Gasteiger partial charge on any atom is -0.396 e. The molecule has 1 aromatic rings. The van der Waals surface area contributed by atoms with Gasteiger partial charge in [0.25, 0.3) is 0 Å². The second-order valence-electron chi connectivity index (χ2n) is 5.23. The van der Waals surface area contributed by atoms with E-state index in [0.29, 0.717) is 25.8 Å². The number of hydrogen-bond donors (Lipinski definition) is 2. The minimum absolute atomic E-state index is 0.0175. The molecule has 1 aliphatic heterocycles. The third-order valence-corrected chi connectivity index (χ3v) is 3.79. The van der Waals surface area contributed by atoms with Crippen LogP contribution in [-0.2, 0) is 11.3 Å². The summed E-state index contributed by atoms with van der Waals surface area (Å²) in [7, 11) is 0. The maximum atomic E-state index is 13.5. The van der Waals surface area contributed by atoms with Gasteiger partial charge in [0.2, 0.25) is 0 Å². The molecule has 0 aliphatic carbocycles. The van der Waals surface area contributed by atoms with Crippen molar-refractivity contribution in [2.75, 3.05) is 26.4 Å². The quantitative estimate of drug-likeness (QED) is 0.815. The largest absolute Gasteiger partial charge is 0.396 e. The molecule has 112 valence electrons. The molecule has 1 saturated heterocycles. The fourth-order valence-corrected chi connectivity index (χ4v) is 2.36. The van der Waals surface area contributed by atoms with Crippen LogP contribution in [0.1, 0.15) is 18.4 Å². The number of halogens is 3. The zero-order valence-electron chi connectivity index (χ0n) is 11.1. The van der Waals surface area contributed by atoms with Crippen LogP contribution in [0.15, 0.2) is 12.1 Å². The van der Waals surface area contributed by atoms with Crippen molar-refractivity contribution in [3.63, 3.8) is 0 Å². The van der Waals surface area contributed by atoms with E-state index in [1.54, 1.807) is 0 Å². The van der Waals surface area contributed by atoms with Crippen molar-refractivity contribution in [3.05, 3.63) is 35.1 Å². The summed E-state index contributed by atoms with van der Waals surface area (Å²) < 4.78 is 44.6. The first kappa shape index (κ1) is 15.3. The van der Waals surface area contributed by atoms with Gasteiger partial charge in [-0.2, -0.15) is 0 Å². The number of rotatable bonds is 5. The summed E-state index contributed by atoms with van der Waals surface area (Å²) in [6.45, 7) is 1.75. The lowest BCUT2D eigenvalue weighted by atomic mass is 9.81. The summed E-state index contributed by atoms with van der Waals surface area (Å²) in [6.07, 6.45) is 1.44. The van der Waals surface area contributed by atoms with E-state index in [2.05, 4.69) is 5.32 Å². The highest BCUT2D eigenvalue weighted by Gasteiger charge is 2.31. The van der Waals surface area contributed by atoms with E-state index in [1.165, 1.54) is 0 Å². The van der Waals surface area contributed by atoms with Crippen LogP contribution in [0.5, 0.6) is 0 Å². The Labute approximate surface area is 115 Å². The lowest BCUT2D eigenvalue weighted by Gasteiger charge is -2.35. The number of nitrogens with one attached hydrogen (secondary N) is 1. The van der Waals surface area contributed by atoms with Gasteiger partial charge in [0.05, 0.1) is 6.61 Å². The average Bonchev–Trinajstić information content (AvgIpc) is 2.45. The van der Waals surface area contributed by atoms with Crippen molar-refractivity contribution < 1.29 is 23.0 Å². The molecule has 0 bridgehead atoms. The first-order valence-corrected chi connectivity index (χ1v) is 6.59. The molecule has 2 rings (SSSR count). The smallest absolute Gasteiger partial charge is 0.161 e. The van der Waals surface area contributed by atoms with Crippen molar-refractivity contribution in [2.45, 2.75) is 19.4 Å². The van der Waals surface area contributed by atoms with Crippen LogP contribution in [0, 0.1) is 22.9 Å². The molecule has 0 amide bonds. The molecule has 3 nitrogen and oxygen atoms in total.